The average Bonchev–Trinajstić information content (AvgIpc) is 3.04. The third-order valence-electron chi connectivity index (χ3n) is 4.77. The molecule has 1 atom stereocenters. The highest BCUT2D eigenvalue weighted by atomic mass is 32.2. The van der Waals surface area contributed by atoms with Gasteiger partial charge >= 0.3 is 0 Å². The molecule has 7 heteroatoms. The van der Waals surface area contributed by atoms with Crippen LogP contribution in [0.15, 0.2) is 59.5 Å². The number of thioether (sulfide) groups is 1. The van der Waals surface area contributed by atoms with Crippen LogP contribution in [0.2, 0.25) is 0 Å². The van der Waals surface area contributed by atoms with Gasteiger partial charge in [-0.3, -0.25) is 4.79 Å². The third kappa shape index (κ3) is 5.75. The molecule has 3 rings (SSSR count). The molecule has 1 amide bonds. The monoisotopic (exact) mass is 418 g/mol. The SMILES string of the molecule is CN(CCCNC(=O)c1ccccc1S[C@H]1CCS(=O)(=O)C1)c1ccccc1. The highest BCUT2D eigenvalue weighted by Gasteiger charge is 2.29. The molecule has 150 valence electrons. The largest absolute Gasteiger partial charge is 0.375 e. The van der Waals surface area contributed by atoms with Crippen LogP contribution in [0, 0.1) is 0 Å². The Bertz CT molecular complexity index is 901. The molecule has 28 heavy (non-hydrogen) atoms. The average molecular weight is 419 g/mol. The molecule has 0 unspecified atom stereocenters. The van der Waals surface area contributed by atoms with Crippen molar-refractivity contribution < 1.29 is 13.2 Å². The lowest BCUT2D eigenvalue weighted by molar-refractivity contribution is 0.0950. The number of para-hydroxylation sites is 1. The number of carbonyl (C=O) groups excluding carboxylic acids is 1. The Morgan fingerprint density at radius 1 is 1.14 bits per heavy atom. The van der Waals surface area contributed by atoms with E-state index in [1.807, 2.05) is 43.4 Å². The predicted molar refractivity (Wildman–Crippen MR) is 116 cm³/mol. The first-order valence-corrected chi connectivity index (χ1v) is 12.2. The van der Waals surface area contributed by atoms with Crippen molar-refractivity contribution in [2.75, 3.05) is 36.5 Å². The van der Waals surface area contributed by atoms with Crippen LogP contribution in [0.3, 0.4) is 0 Å². The summed E-state index contributed by atoms with van der Waals surface area (Å²) >= 11 is 1.50. The van der Waals surface area contributed by atoms with E-state index in [1.165, 1.54) is 11.8 Å². The standard InChI is InChI=1S/C21H26N2O3S2/c1-23(17-8-3-2-4-9-17)14-7-13-22-21(24)19-10-5-6-11-20(19)27-18-12-15-28(25,26)16-18/h2-6,8-11,18H,7,12-16H2,1H3,(H,22,24)/t18-/m0/s1. The molecule has 1 heterocycles. The Morgan fingerprint density at radius 3 is 2.57 bits per heavy atom. The van der Waals surface area contributed by atoms with E-state index >= 15 is 0 Å². The van der Waals surface area contributed by atoms with Crippen molar-refractivity contribution >= 4 is 33.2 Å². The number of nitrogens with one attached hydrogen (secondary N) is 1. The summed E-state index contributed by atoms with van der Waals surface area (Å²) in [6, 6.07) is 17.6. The molecule has 1 N–H and O–H groups in total. The molecule has 0 aliphatic carbocycles. The van der Waals surface area contributed by atoms with Gasteiger partial charge in [0.15, 0.2) is 9.84 Å². The van der Waals surface area contributed by atoms with Crippen molar-refractivity contribution in [1.29, 1.82) is 0 Å². The molecule has 1 aliphatic heterocycles. The summed E-state index contributed by atoms with van der Waals surface area (Å²) in [4.78, 5) is 15.6. The molecule has 5 nitrogen and oxygen atoms in total. The van der Waals surface area contributed by atoms with E-state index in [9.17, 15) is 13.2 Å². The zero-order valence-corrected chi connectivity index (χ0v) is 17.6. The van der Waals surface area contributed by atoms with Crippen molar-refractivity contribution in [2.45, 2.75) is 23.0 Å². The van der Waals surface area contributed by atoms with E-state index in [-0.39, 0.29) is 22.7 Å². The van der Waals surface area contributed by atoms with E-state index in [1.54, 1.807) is 6.07 Å². The fraction of sp³-hybridized carbons (Fsp3) is 0.381. The van der Waals surface area contributed by atoms with Gasteiger partial charge in [-0.2, -0.15) is 0 Å². The van der Waals surface area contributed by atoms with Crippen LogP contribution in [0.25, 0.3) is 0 Å². The Kier molecular flexibility index (Phi) is 7.02. The van der Waals surface area contributed by atoms with Crippen LogP contribution in [0.4, 0.5) is 5.69 Å². The minimum Gasteiger partial charge on any atom is -0.375 e. The quantitative estimate of drug-likeness (QED) is 0.667. The second-order valence-electron chi connectivity index (χ2n) is 7.01. The van der Waals surface area contributed by atoms with Crippen molar-refractivity contribution in [1.82, 2.24) is 5.32 Å². The lowest BCUT2D eigenvalue weighted by Gasteiger charge is -2.19. The maximum Gasteiger partial charge on any atom is 0.252 e. The molecule has 0 spiro atoms. The summed E-state index contributed by atoms with van der Waals surface area (Å²) in [5, 5.41) is 3.02. The first-order chi connectivity index (χ1) is 13.4. The highest BCUT2D eigenvalue weighted by molar-refractivity contribution is 8.02. The number of carbonyl (C=O) groups is 1. The Labute approximate surface area is 171 Å². The second kappa shape index (κ2) is 9.47. The number of nitrogens with zero attached hydrogens (tertiary/aromatic N) is 1. The van der Waals surface area contributed by atoms with Crippen LogP contribution in [-0.2, 0) is 9.84 Å². The number of amides is 1. The molecule has 1 saturated heterocycles. The van der Waals surface area contributed by atoms with Gasteiger partial charge in [0.25, 0.3) is 5.91 Å². The van der Waals surface area contributed by atoms with E-state index in [0.29, 0.717) is 18.5 Å². The van der Waals surface area contributed by atoms with Crippen molar-refractivity contribution in [3.63, 3.8) is 0 Å². The summed E-state index contributed by atoms with van der Waals surface area (Å²) in [6.45, 7) is 1.44. The zero-order chi connectivity index (χ0) is 20.0. The van der Waals surface area contributed by atoms with Crippen LogP contribution >= 0.6 is 11.8 Å². The van der Waals surface area contributed by atoms with Gasteiger partial charge in [0, 0.05) is 36.0 Å². The first kappa shape index (κ1) is 20.7. The molecule has 1 aliphatic rings. The Hall–Kier alpha value is -1.99. The van der Waals surface area contributed by atoms with E-state index in [4.69, 9.17) is 0 Å². The van der Waals surface area contributed by atoms with E-state index < -0.39 is 9.84 Å². The first-order valence-electron chi connectivity index (χ1n) is 9.45. The minimum absolute atomic E-state index is 0.0264. The molecular weight excluding hydrogens is 392 g/mol. The van der Waals surface area contributed by atoms with Gasteiger partial charge in [-0.05, 0) is 37.1 Å². The number of sulfone groups is 1. The second-order valence-corrected chi connectivity index (χ2v) is 10.6. The lowest BCUT2D eigenvalue weighted by atomic mass is 10.2. The maximum absolute atomic E-state index is 12.6. The fourth-order valence-corrected chi connectivity index (χ4v) is 6.84. The van der Waals surface area contributed by atoms with Crippen LogP contribution in [0.5, 0.6) is 0 Å². The summed E-state index contributed by atoms with van der Waals surface area (Å²) in [7, 11) is -0.883. The summed E-state index contributed by atoms with van der Waals surface area (Å²) in [5.74, 6) is 0.333. The molecule has 0 radical (unpaired) electrons. The Morgan fingerprint density at radius 2 is 1.86 bits per heavy atom. The van der Waals surface area contributed by atoms with Gasteiger partial charge in [0.1, 0.15) is 0 Å². The molecule has 0 saturated carbocycles. The molecule has 2 aromatic carbocycles. The maximum atomic E-state index is 12.6. The van der Waals surface area contributed by atoms with E-state index in [0.717, 1.165) is 23.5 Å². The van der Waals surface area contributed by atoms with Crippen molar-refractivity contribution in [2.24, 2.45) is 0 Å². The molecule has 0 aromatic heterocycles. The fourth-order valence-electron chi connectivity index (χ4n) is 3.22. The van der Waals surface area contributed by atoms with Gasteiger partial charge in [-0.15, -0.1) is 11.8 Å². The van der Waals surface area contributed by atoms with Gasteiger partial charge < -0.3 is 10.2 Å². The van der Waals surface area contributed by atoms with Gasteiger partial charge in [-0.25, -0.2) is 8.42 Å². The normalized spacial score (nSPS) is 18.0. The Balaban J connectivity index is 1.50. The molecule has 0 bridgehead atoms. The zero-order valence-electron chi connectivity index (χ0n) is 16.0. The topological polar surface area (TPSA) is 66.5 Å². The summed E-state index contributed by atoms with van der Waals surface area (Å²) in [6.07, 6.45) is 1.49. The van der Waals surface area contributed by atoms with Gasteiger partial charge in [0.05, 0.1) is 17.1 Å². The molecular formula is C21H26N2O3S2. The number of rotatable bonds is 8. The van der Waals surface area contributed by atoms with Gasteiger partial charge in [-0.1, -0.05) is 30.3 Å². The number of benzene rings is 2. The highest BCUT2D eigenvalue weighted by Crippen LogP contribution is 2.33. The molecule has 1 fully saturated rings. The minimum atomic E-state index is -2.92. The predicted octanol–water partition coefficient (Wildman–Crippen LogP) is 3.22. The number of anilines is 1. The van der Waals surface area contributed by atoms with Gasteiger partial charge in [0.2, 0.25) is 0 Å². The van der Waals surface area contributed by atoms with Crippen LogP contribution < -0.4 is 10.2 Å². The van der Waals surface area contributed by atoms with Crippen LogP contribution in [-0.4, -0.2) is 51.2 Å². The van der Waals surface area contributed by atoms with Crippen LogP contribution in [0.1, 0.15) is 23.2 Å². The summed E-state index contributed by atoms with van der Waals surface area (Å²) in [5.41, 5.74) is 1.77. The number of hydrogen-bond acceptors (Lipinski definition) is 5. The molecule has 2 aromatic rings. The summed E-state index contributed by atoms with van der Waals surface area (Å²) < 4.78 is 23.4. The smallest absolute Gasteiger partial charge is 0.252 e. The van der Waals surface area contributed by atoms with Crippen molar-refractivity contribution in [3.8, 4) is 0 Å². The van der Waals surface area contributed by atoms with Crippen molar-refractivity contribution in [3.05, 3.63) is 60.2 Å². The number of hydrogen-bond donors (Lipinski definition) is 1. The van der Waals surface area contributed by atoms with E-state index in [2.05, 4.69) is 22.3 Å². The lowest BCUT2D eigenvalue weighted by Crippen LogP contribution is -2.28. The third-order valence-corrected chi connectivity index (χ3v) is 8.09.